The number of hydrogen-bond acceptors (Lipinski definition) is 1. The van der Waals surface area contributed by atoms with E-state index in [0.717, 1.165) is 19.5 Å². The van der Waals surface area contributed by atoms with Crippen LogP contribution in [-0.4, -0.2) is 43.0 Å². The Hall–Kier alpha value is -0.990. The Morgan fingerprint density at radius 3 is 2.38 bits per heavy atom. The first kappa shape index (κ1) is 10.1. The maximum atomic E-state index is 11.6. The second-order valence-electron chi connectivity index (χ2n) is 3.91. The molecule has 0 spiro atoms. The van der Waals surface area contributed by atoms with E-state index in [-0.39, 0.29) is 6.03 Å². The molecule has 0 fully saturated rings. The third-order valence-corrected chi connectivity index (χ3v) is 2.57. The largest absolute Gasteiger partial charge is 0.331 e. The van der Waals surface area contributed by atoms with Gasteiger partial charge >= 0.3 is 6.03 Å². The van der Waals surface area contributed by atoms with Crippen molar-refractivity contribution in [2.45, 2.75) is 20.3 Å². The lowest BCUT2D eigenvalue weighted by atomic mass is 10.0. The molecular formula is C10H18N2O. The fourth-order valence-electron chi connectivity index (χ4n) is 1.46. The number of urea groups is 1. The maximum Gasteiger partial charge on any atom is 0.319 e. The molecule has 1 heterocycles. The van der Waals surface area contributed by atoms with Crippen LogP contribution in [0.1, 0.15) is 20.3 Å². The molecule has 0 aromatic heterocycles. The smallest absolute Gasteiger partial charge is 0.319 e. The molecule has 0 radical (unpaired) electrons. The second kappa shape index (κ2) is 3.81. The summed E-state index contributed by atoms with van der Waals surface area (Å²) in [7, 11) is 3.59. The highest BCUT2D eigenvalue weighted by molar-refractivity contribution is 5.74. The first-order chi connectivity index (χ1) is 6.02. The van der Waals surface area contributed by atoms with Crippen molar-refractivity contribution in [3.05, 3.63) is 11.1 Å². The summed E-state index contributed by atoms with van der Waals surface area (Å²) in [4.78, 5) is 15.1. The molecule has 0 atom stereocenters. The van der Waals surface area contributed by atoms with Gasteiger partial charge in [-0.3, -0.25) is 0 Å². The average Bonchev–Trinajstić information content (AvgIpc) is 2.08. The van der Waals surface area contributed by atoms with Gasteiger partial charge in [-0.05, 0) is 20.3 Å². The monoisotopic (exact) mass is 182 g/mol. The number of carbonyl (C=O) groups excluding carboxylic acids is 1. The standard InChI is InChI=1S/C10H18N2O/c1-8-5-6-12(7-9(8)2)10(13)11(3)4/h5-7H2,1-4H3. The van der Waals surface area contributed by atoms with Gasteiger partial charge in [0.05, 0.1) is 0 Å². The SMILES string of the molecule is CC1=C(C)CN(C(=O)N(C)C)CC1. The van der Waals surface area contributed by atoms with Crippen molar-refractivity contribution in [2.75, 3.05) is 27.2 Å². The van der Waals surface area contributed by atoms with E-state index in [1.165, 1.54) is 11.1 Å². The van der Waals surface area contributed by atoms with Crippen molar-refractivity contribution in [1.82, 2.24) is 9.80 Å². The highest BCUT2D eigenvalue weighted by atomic mass is 16.2. The molecule has 0 N–H and O–H groups in total. The zero-order valence-electron chi connectivity index (χ0n) is 8.92. The molecule has 0 aliphatic carbocycles. The van der Waals surface area contributed by atoms with Gasteiger partial charge in [0.1, 0.15) is 0 Å². The molecule has 0 saturated heterocycles. The number of hydrogen-bond donors (Lipinski definition) is 0. The van der Waals surface area contributed by atoms with Gasteiger partial charge < -0.3 is 9.80 Å². The van der Waals surface area contributed by atoms with Crippen molar-refractivity contribution >= 4 is 6.03 Å². The van der Waals surface area contributed by atoms with Crippen LogP contribution in [-0.2, 0) is 0 Å². The van der Waals surface area contributed by atoms with Crippen LogP contribution in [0.25, 0.3) is 0 Å². The van der Waals surface area contributed by atoms with Crippen molar-refractivity contribution < 1.29 is 4.79 Å². The van der Waals surface area contributed by atoms with E-state index in [1.807, 2.05) is 4.90 Å². The van der Waals surface area contributed by atoms with Gasteiger partial charge in [-0.2, -0.15) is 0 Å². The average molecular weight is 182 g/mol. The van der Waals surface area contributed by atoms with E-state index in [0.29, 0.717) is 0 Å². The minimum Gasteiger partial charge on any atom is -0.331 e. The molecule has 13 heavy (non-hydrogen) atoms. The maximum absolute atomic E-state index is 11.6. The molecule has 3 nitrogen and oxygen atoms in total. The summed E-state index contributed by atoms with van der Waals surface area (Å²) in [6.07, 6.45) is 1.02. The highest BCUT2D eigenvalue weighted by Gasteiger charge is 2.19. The third kappa shape index (κ3) is 2.23. The third-order valence-electron chi connectivity index (χ3n) is 2.57. The second-order valence-corrected chi connectivity index (χ2v) is 3.91. The van der Waals surface area contributed by atoms with Crippen molar-refractivity contribution in [3.8, 4) is 0 Å². The van der Waals surface area contributed by atoms with Gasteiger partial charge in [0, 0.05) is 27.2 Å². The van der Waals surface area contributed by atoms with E-state index in [4.69, 9.17) is 0 Å². The molecule has 3 heteroatoms. The van der Waals surface area contributed by atoms with Crippen LogP contribution in [0, 0.1) is 0 Å². The lowest BCUT2D eigenvalue weighted by molar-refractivity contribution is 0.173. The van der Waals surface area contributed by atoms with Crippen molar-refractivity contribution in [1.29, 1.82) is 0 Å². The molecule has 0 aromatic rings. The van der Waals surface area contributed by atoms with Crippen LogP contribution in [0.3, 0.4) is 0 Å². The molecule has 2 amide bonds. The fourth-order valence-corrected chi connectivity index (χ4v) is 1.46. The summed E-state index contributed by atoms with van der Waals surface area (Å²) in [5.41, 5.74) is 2.77. The lowest BCUT2D eigenvalue weighted by Gasteiger charge is -2.30. The van der Waals surface area contributed by atoms with Crippen LogP contribution < -0.4 is 0 Å². The van der Waals surface area contributed by atoms with Gasteiger partial charge in [-0.25, -0.2) is 4.79 Å². The Morgan fingerprint density at radius 2 is 1.92 bits per heavy atom. The fraction of sp³-hybridized carbons (Fsp3) is 0.700. The Labute approximate surface area is 80.0 Å². The Kier molecular flexibility index (Phi) is 2.96. The summed E-state index contributed by atoms with van der Waals surface area (Å²) >= 11 is 0. The molecule has 0 bridgehead atoms. The first-order valence-electron chi connectivity index (χ1n) is 4.64. The van der Waals surface area contributed by atoms with E-state index >= 15 is 0 Å². The predicted molar refractivity (Wildman–Crippen MR) is 53.6 cm³/mol. The number of rotatable bonds is 0. The van der Waals surface area contributed by atoms with E-state index < -0.39 is 0 Å². The minimum absolute atomic E-state index is 0.117. The molecule has 74 valence electrons. The zero-order chi connectivity index (χ0) is 10.0. The summed E-state index contributed by atoms with van der Waals surface area (Å²) in [5.74, 6) is 0. The molecule has 1 rings (SSSR count). The quantitative estimate of drug-likeness (QED) is 0.523. The number of carbonyl (C=O) groups is 1. The first-order valence-corrected chi connectivity index (χ1v) is 4.64. The molecule has 1 aliphatic rings. The summed E-state index contributed by atoms with van der Waals surface area (Å²) in [5, 5.41) is 0. The van der Waals surface area contributed by atoms with Crippen LogP contribution in [0.15, 0.2) is 11.1 Å². The molecular weight excluding hydrogens is 164 g/mol. The molecule has 0 saturated carbocycles. The van der Waals surface area contributed by atoms with Crippen LogP contribution in [0.5, 0.6) is 0 Å². The van der Waals surface area contributed by atoms with E-state index in [2.05, 4.69) is 13.8 Å². The zero-order valence-corrected chi connectivity index (χ0v) is 8.92. The molecule has 0 unspecified atom stereocenters. The number of amides is 2. The van der Waals surface area contributed by atoms with E-state index in [1.54, 1.807) is 19.0 Å². The number of nitrogens with zero attached hydrogens (tertiary/aromatic N) is 2. The van der Waals surface area contributed by atoms with Crippen molar-refractivity contribution in [2.24, 2.45) is 0 Å². The molecule has 1 aliphatic heterocycles. The van der Waals surface area contributed by atoms with Crippen LogP contribution in [0.2, 0.25) is 0 Å². The van der Waals surface area contributed by atoms with E-state index in [9.17, 15) is 4.79 Å². The Bertz CT molecular complexity index is 243. The summed E-state index contributed by atoms with van der Waals surface area (Å²) in [6, 6.07) is 0.117. The van der Waals surface area contributed by atoms with Gasteiger partial charge in [-0.15, -0.1) is 0 Å². The predicted octanol–water partition coefficient (Wildman–Crippen LogP) is 1.71. The van der Waals surface area contributed by atoms with Gasteiger partial charge in [0.25, 0.3) is 0 Å². The van der Waals surface area contributed by atoms with Crippen LogP contribution in [0.4, 0.5) is 4.79 Å². The van der Waals surface area contributed by atoms with Gasteiger partial charge in [0.15, 0.2) is 0 Å². The Morgan fingerprint density at radius 1 is 1.31 bits per heavy atom. The Balaban J connectivity index is 2.63. The summed E-state index contributed by atoms with van der Waals surface area (Å²) < 4.78 is 0. The van der Waals surface area contributed by atoms with Crippen LogP contribution >= 0.6 is 0 Å². The summed E-state index contributed by atoms with van der Waals surface area (Å²) in [6.45, 7) is 5.90. The normalized spacial score (nSPS) is 17.7. The van der Waals surface area contributed by atoms with Crippen molar-refractivity contribution in [3.63, 3.8) is 0 Å². The highest BCUT2D eigenvalue weighted by Crippen LogP contribution is 2.17. The lowest BCUT2D eigenvalue weighted by Crippen LogP contribution is -2.42. The minimum atomic E-state index is 0.117. The van der Waals surface area contributed by atoms with Gasteiger partial charge in [-0.1, -0.05) is 11.1 Å². The topological polar surface area (TPSA) is 23.6 Å². The molecule has 0 aromatic carbocycles. The van der Waals surface area contributed by atoms with Gasteiger partial charge in [0.2, 0.25) is 0 Å².